The molecule has 0 aliphatic heterocycles. The van der Waals surface area contributed by atoms with Gasteiger partial charge in [-0.05, 0) is 36.9 Å². The summed E-state index contributed by atoms with van der Waals surface area (Å²) in [6.45, 7) is 6.21. The summed E-state index contributed by atoms with van der Waals surface area (Å²) in [6.07, 6.45) is 5.13. The number of H-pyrrole nitrogens is 3. The average Bonchev–Trinajstić information content (AvgIpc) is 3.20. The summed E-state index contributed by atoms with van der Waals surface area (Å²) in [7, 11) is 0. The van der Waals surface area contributed by atoms with E-state index in [1.165, 1.54) is 11.1 Å². The first-order valence-corrected chi connectivity index (χ1v) is 8.01. The van der Waals surface area contributed by atoms with E-state index in [2.05, 4.69) is 62.2 Å². The molecule has 0 atom stereocenters. The second-order valence-electron chi connectivity index (χ2n) is 5.99. The summed E-state index contributed by atoms with van der Waals surface area (Å²) in [5, 5.41) is 7.12. The van der Waals surface area contributed by atoms with E-state index in [9.17, 15) is 0 Å². The van der Waals surface area contributed by atoms with Crippen molar-refractivity contribution < 1.29 is 4.98 Å². The van der Waals surface area contributed by atoms with E-state index in [0.29, 0.717) is 11.5 Å². The topological polar surface area (TPSA) is 96.8 Å². The van der Waals surface area contributed by atoms with Gasteiger partial charge in [0.05, 0.1) is 6.20 Å². The van der Waals surface area contributed by atoms with Gasteiger partial charge >= 0.3 is 0 Å². The molecule has 4 rings (SSSR count). The van der Waals surface area contributed by atoms with Crippen LogP contribution < -0.4 is 4.98 Å². The van der Waals surface area contributed by atoms with Crippen LogP contribution in [0.5, 0.6) is 0 Å². The molecule has 3 N–H and O–H groups in total. The van der Waals surface area contributed by atoms with Crippen LogP contribution >= 0.6 is 0 Å². The molecule has 0 spiro atoms. The van der Waals surface area contributed by atoms with Crippen molar-refractivity contribution in [2.75, 3.05) is 0 Å². The zero-order chi connectivity index (χ0) is 17.4. The molecule has 0 saturated heterocycles. The summed E-state index contributed by atoms with van der Waals surface area (Å²) in [5.74, 6) is 0.660. The Labute approximate surface area is 144 Å². The van der Waals surface area contributed by atoms with Crippen molar-refractivity contribution in [3.8, 4) is 11.5 Å². The highest BCUT2D eigenvalue weighted by Gasteiger charge is 2.15. The van der Waals surface area contributed by atoms with Gasteiger partial charge in [0.25, 0.3) is 12.0 Å². The van der Waals surface area contributed by atoms with Gasteiger partial charge in [0.1, 0.15) is 17.6 Å². The Morgan fingerprint density at radius 2 is 2.00 bits per heavy atom. The normalized spacial score (nSPS) is 12.0. The van der Waals surface area contributed by atoms with Crippen LogP contribution in [0.15, 0.2) is 41.9 Å². The number of benzene rings is 1. The number of hydrogen-bond acceptors (Lipinski definition) is 4. The molecular weight excluding hydrogens is 314 g/mol. The number of fused-ring (bicyclic) bond motifs is 1. The molecule has 4 aromatic rings. The zero-order valence-electron chi connectivity index (χ0n) is 14.3. The van der Waals surface area contributed by atoms with E-state index in [1.54, 1.807) is 12.5 Å². The van der Waals surface area contributed by atoms with Gasteiger partial charge in [0, 0.05) is 11.3 Å². The Kier molecular flexibility index (Phi) is 3.61. The van der Waals surface area contributed by atoms with Crippen molar-refractivity contribution in [3.63, 3.8) is 0 Å². The van der Waals surface area contributed by atoms with Gasteiger partial charge in [0.2, 0.25) is 0 Å². The summed E-state index contributed by atoms with van der Waals surface area (Å²) in [4.78, 5) is 19.7. The molecule has 0 saturated carbocycles. The van der Waals surface area contributed by atoms with E-state index in [1.807, 2.05) is 13.1 Å². The maximum absolute atomic E-state index is 4.79. The molecule has 0 fully saturated rings. The summed E-state index contributed by atoms with van der Waals surface area (Å²) in [5.41, 5.74) is 7.46. The number of nitrogens with zero attached hydrogens (tertiary/aromatic N) is 4. The minimum Gasteiger partial charge on any atom is -0.330 e. The minimum atomic E-state index is 0.643. The van der Waals surface area contributed by atoms with Gasteiger partial charge in [-0.15, -0.1) is 0 Å². The molecular formula is C18H18N7+. The molecule has 0 radical (unpaired) electrons. The van der Waals surface area contributed by atoms with Crippen molar-refractivity contribution in [1.82, 2.24) is 25.1 Å². The van der Waals surface area contributed by atoms with Crippen LogP contribution in [0, 0.1) is 13.8 Å². The number of aryl methyl sites for hydroxylation is 2. The Morgan fingerprint density at radius 3 is 2.76 bits per heavy atom. The van der Waals surface area contributed by atoms with E-state index < -0.39 is 0 Å². The highest BCUT2D eigenvalue weighted by molar-refractivity contribution is 6.03. The molecule has 3 aromatic heterocycles. The van der Waals surface area contributed by atoms with Crippen LogP contribution in [-0.2, 0) is 0 Å². The van der Waals surface area contributed by atoms with E-state index in [0.717, 1.165) is 28.2 Å². The third-order valence-electron chi connectivity index (χ3n) is 4.19. The third kappa shape index (κ3) is 2.69. The maximum Gasteiger partial charge on any atom is 0.295 e. The third-order valence-corrected chi connectivity index (χ3v) is 4.19. The first-order valence-electron chi connectivity index (χ1n) is 8.01. The molecule has 0 amide bonds. The van der Waals surface area contributed by atoms with Gasteiger partial charge in [-0.3, -0.25) is 5.10 Å². The monoisotopic (exact) mass is 332 g/mol. The van der Waals surface area contributed by atoms with Gasteiger partial charge in [-0.25, -0.2) is 9.98 Å². The van der Waals surface area contributed by atoms with Crippen LogP contribution in [-0.4, -0.2) is 30.9 Å². The van der Waals surface area contributed by atoms with Gasteiger partial charge in [-0.2, -0.15) is 10.1 Å². The zero-order valence-corrected chi connectivity index (χ0v) is 14.3. The second kappa shape index (κ2) is 5.94. The van der Waals surface area contributed by atoms with Crippen molar-refractivity contribution in [2.45, 2.75) is 20.8 Å². The lowest BCUT2D eigenvalue weighted by atomic mass is 9.99. The number of rotatable bonds is 3. The Bertz CT molecular complexity index is 1030. The fraction of sp³-hybridized carbons (Fsp3) is 0.167. The lowest BCUT2D eigenvalue weighted by Crippen LogP contribution is -2.01. The second-order valence-corrected chi connectivity index (χ2v) is 5.99. The number of nitrogens with one attached hydrogen (secondary N) is 3. The molecule has 1 aromatic carbocycles. The predicted molar refractivity (Wildman–Crippen MR) is 95.8 cm³/mol. The highest BCUT2D eigenvalue weighted by Crippen LogP contribution is 2.28. The van der Waals surface area contributed by atoms with Crippen molar-refractivity contribution in [1.29, 1.82) is 0 Å². The molecule has 0 aliphatic rings. The largest absolute Gasteiger partial charge is 0.330 e. The van der Waals surface area contributed by atoms with Gasteiger partial charge in [-0.1, -0.05) is 18.2 Å². The van der Waals surface area contributed by atoms with Crippen molar-refractivity contribution in [3.05, 3.63) is 53.6 Å². The number of aliphatic imine (C=N–C) groups is 1. The molecule has 0 aliphatic carbocycles. The Balaban J connectivity index is 1.79. The van der Waals surface area contributed by atoms with E-state index in [4.69, 9.17) is 4.99 Å². The first-order chi connectivity index (χ1) is 12.1. The van der Waals surface area contributed by atoms with Crippen molar-refractivity contribution in [2.24, 2.45) is 4.99 Å². The summed E-state index contributed by atoms with van der Waals surface area (Å²) < 4.78 is 0. The lowest BCUT2D eigenvalue weighted by molar-refractivity contribution is -0.380. The number of aromatic amines is 3. The van der Waals surface area contributed by atoms with Crippen LogP contribution in [0.25, 0.3) is 22.7 Å². The van der Waals surface area contributed by atoms with Crippen LogP contribution in [0.1, 0.15) is 23.6 Å². The Hall–Kier alpha value is -3.35. The molecule has 124 valence electrons. The van der Waals surface area contributed by atoms with Crippen molar-refractivity contribution >= 4 is 22.6 Å². The minimum absolute atomic E-state index is 0.643. The average molecular weight is 332 g/mol. The summed E-state index contributed by atoms with van der Waals surface area (Å²) >= 11 is 0. The van der Waals surface area contributed by atoms with Gasteiger partial charge < -0.3 is 4.98 Å². The fourth-order valence-corrected chi connectivity index (χ4v) is 3.07. The molecule has 7 nitrogen and oxygen atoms in total. The number of aromatic nitrogens is 6. The van der Waals surface area contributed by atoms with E-state index in [-0.39, 0.29) is 0 Å². The number of imidazole rings is 1. The Morgan fingerprint density at radius 1 is 1.20 bits per heavy atom. The highest BCUT2D eigenvalue weighted by atomic mass is 15.2. The smallest absolute Gasteiger partial charge is 0.295 e. The standard InChI is InChI=1S/C18H17N7/c1-10-5-4-6-11(2)15(10)12(3)22-13-8-21-25-16(13)18-23-14-7-19-9-20-17(14)24-18/h4-9H,1-3H3,(H,21,25)(H,19,20,23,24)/p+1. The molecule has 3 heterocycles. The van der Waals surface area contributed by atoms with Crippen LogP contribution in [0.2, 0.25) is 0 Å². The maximum atomic E-state index is 4.79. The molecule has 7 heteroatoms. The SMILES string of the molecule is CC(=Nc1cn[nH]c1-c1nc2nc[nH+]cc2[nH]1)c1c(C)cccc1C. The lowest BCUT2D eigenvalue weighted by Gasteiger charge is -2.09. The quantitative estimate of drug-likeness (QED) is 0.564. The first kappa shape index (κ1) is 15.2. The predicted octanol–water partition coefficient (Wildman–Crippen LogP) is 2.92. The molecule has 0 bridgehead atoms. The number of hydrogen-bond donors (Lipinski definition) is 2. The summed E-state index contributed by atoms with van der Waals surface area (Å²) in [6, 6.07) is 6.25. The van der Waals surface area contributed by atoms with Crippen LogP contribution in [0.4, 0.5) is 5.69 Å². The molecule has 0 unspecified atom stereocenters. The van der Waals surface area contributed by atoms with E-state index >= 15 is 0 Å². The van der Waals surface area contributed by atoms with Gasteiger partial charge in [0.15, 0.2) is 11.3 Å². The fourth-order valence-electron chi connectivity index (χ4n) is 3.07. The van der Waals surface area contributed by atoms with Crippen LogP contribution in [0.3, 0.4) is 0 Å². The molecule has 25 heavy (non-hydrogen) atoms.